The first-order valence-electron chi connectivity index (χ1n) is 29.0. The van der Waals surface area contributed by atoms with Gasteiger partial charge >= 0.3 is 0 Å². The van der Waals surface area contributed by atoms with Gasteiger partial charge in [-0.15, -0.1) is 0 Å². The lowest BCUT2D eigenvalue weighted by molar-refractivity contribution is -0.123. The van der Waals surface area contributed by atoms with E-state index in [1.165, 1.54) is 77.0 Å². The largest absolute Gasteiger partial charge is 0.394 e. The van der Waals surface area contributed by atoms with Crippen molar-refractivity contribution in [3.8, 4) is 0 Å². The van der Waals surface area contributed by atoms with Crippen molar-refractivity contribution in [2.45, 2.75) is 231 Å². The summed E-state index contributed by atoms with van der Waals surface area (Å²) < 4.78 is 0. The lowest BCUT2D eigenvalue weighted by Crippen LogP contribution is -2.45. The van der Waals surface area contributed by atoms with Crippen LogP contribution in [0.4, 0.5) is 0 Å². The van der Waals surface area contributed by atoms with Crippen molar-refractivity contribution in [2.75, 3.05) is 6.61 Å². The molecule has 0 saturated carbocycles. The Labute approximate surface area is 444 Å². The SMILES string of the molecule is CC/C=C\C/C=C\C/C=C\C/C=C\C/C=C\C/C=C\C/C=C\C/C=C\C/C=C\C/C=C\C/C=C\C/C=C\CCCCC(=O)NC(CO)C(O)/C=C/CC/C=C/CC/C=C/CCCCCCCCCCCCC. The molecule has 0 rings (SSSR count). The van der Waals surface area contributed by atoms with Crippen LogP contribution in [0.5, 0.6) is 0 Å². The van der Waals surface area contributed by atoms with Gasteiger partial charge in [0.2, 0.25) is 5.91 Å². The number of hydrogen-bond acceptors (Lipinski definition) is 3. The van der Waals surface area contributed by atoms with Crippen LogP contribution >= 0.6 is 0 Å². The average molecular weight is 987 g/mol. The number of unbranched alkanes of at least 4 members (excludes halogenated alkanes) is 15. The van der Waals surface area contributed by atoms with E-state index >= 15 is 0 Å². The van der Waals surface area contributed by atoms with Crippen LogP contribution in [0.25, 0.3) is 0 Å². The molecule has 0 saturated heterocycles. The van der Waals surface area contributed by atoms with E-state index < -0.39 is 12.1 Å². The molecule has 0 spiro atoms. The summed E-state index contributed by atoms with van der Waals surface area (Å²) in [6.07, 6.45) is 100. The minimum absolute atomic E-state index is 0.128. The number of amides is 1. The predicted molar refractivity (Wildman–Crippen MR) is 321 cm³/mol. The van der Waals surface area contributed by atoms with Gasteiger partial charge in [0.25, 0.3) is 0 Å². The van der Waals surface area contributed by atoms with Gasteiger partial charge in [0.1, 0.15) is 0 Å². The van der Waals surface area contributed by atoms with E-state index in [0.29, 0.717) is 6.42 Å². The smallest absolute Gasteiger partial charge is 0.220 e. The lowest BCUT2D eigenvalue weighted by Gasteiger charge is -2.19. The van der Waals surface area contributed by atoms with E-state index in [-0.39, 0.29) is 12.5 Å². The van der Waals surface area contributed by atoms with E-state index in [1.54, 1.807) is 6.08 Å². The maximum absolute atomic E-state index is 12.5. The Hall–Kier alpha value is -4.51. The van der Waals surface area contributed by atoms with Crippen LogP contribution in [0, 0.1) is 0 Å². The summed E-state index contributed by atoms with van der Waals surface area (Å²) in [6.45, 7) is 4.15. The minimum atomic E-state index is -0.903. The van der Waals surface area contributed by atoms with Gasteiger partial charge in [0, 0.05) is 6.42 Å². The first-order chi connectivity index (χ1) is 35.7. The maximum Gasteiger partial charge on any atom is 0.220 e. The Morgan fingerprint density at radius 1 is 0.347 bits per heavy atom. The van der Waals surface area contributed by atoms with Crippen LogP contribution < -0.4 is 5.32 Å². The highest BCUT2D eigenvalue weighted by molar-refractivity contribution is 5.76. The zero-order valence-electron chi connectivity index (χ0n) is 46.1. The molecule has 0 aliphatic heterocycles. The molecule has 0 fully saturated rings. The summed E-state index contributed by atoms with van der Waals surface area (Å²) in [6, 6.07) is -0.684. The first-order valence-corrected chi connectivity index (χ1v) is 29.0. The number of nitrogens with one attached hydrogen (secondary N) is 1. The molecule has 0 aromatic rings. The molecule has 72 heavy (non-hydrogen) atoms. The summed E-state index contributed by atoms with van der Waals surface area (Å²) in [5.41, 5.74) is 0. The first kappa shape index (κ1) is 67.5. The van der Waals surface area contributed by atoms with Gasteiger partial charge in [-0.2, -0.15) is 0 Å². The second kappa shape index (κ2) is 60.8. The molecular weight excluding hydrogens is 879 g/mol. The van der Waals surface area contributed by atoms with E-state index in [2.05, 4.69) is 189 Å². The van der Waals surface area contributed by atoms with Gasteiger partial charge in [-0.25, -0.2) is 0 Å². The number of allylic oxidation sites excluding steroid dienone is 29. The quantitative estimate of drug-likeness (QED) is 0.0420. The standard InChI is InChI=1S/C68H107NO3/c1-3-5-7-9-11-13-15-17-19-21-23-25-26-27-28-29-30-31-32-33-34-35-36-37-38-39-40-41-42-44-46-48-50-52-54-56-58-60-62-64-68(72)69-66(65-70)67(71)63-61-59-57-55-53-51-49-47-45-43-24-22-20-18-16-14-12-10-8-6-4-2/h5,7,11,13,17,19,23,25,27-28,30-31,33-34,36-37,39-40,42,44-45,47-48,50,53-56,61,63,66-67,70-71H,3-4,6,8-10,12,14-16,18,20-22,24,26,29,32,35,38,41,43,46,49,51-52,57-60,62,64-65H2,1-2H3,(H,69,72)/b7-5-,13-11-,19-17-,25-23-,28-27-,31-30-,34-33-,37-36-,40-39-,44-42-,47-45+,50-48-,55-53+,56-54-,63-61+. The van der Waals surface area contributed by atoms with Crippen molar-refractivity contribution in [3.63, 3.8) is 0 Å². The van der Waals surface area contributed by atoms with Gasteiger partial charge in [-0.05, 0) is 135 Å². The molecule has 0 radical (unpaired) electrons. The van der Waals surface area contributed by atoms with Crippen LogP contribution in [-0.2, 0) is 4.79 Å². The molecule has 2 atom stereocenters. The molecule has 0 aliphatic carbocycles. The third kappa shape index (κ3) is 56.4. The zero-order chi connectivity index (χ0) is 52.0. The summed E-state index contributed by atoms with van der Waals surface area (Å²) in [4.78, 5) is 12.5. The maximum atomic E-state index is 12.5. The molecule has 0 aliphatic rings. The van der Waals surface area contributed by atoms with Crippen LogP contribution in [0.3, 0.4) is 0 Å². The Kier molecular flexibility index (Phi) is 57.0. The third-order valence-electron chi connectivity index (χ3n) is 11.9. The van der Waals surface area contributed by atoms with E-state index in [9.17, 15) is 15.0 Å². The molecule has 2 unspecified atom stereocenters. The van der Waals surface area contributed by atoms with E-state index in [1.807, 2.05) is 6.08 Å². The molecule has 0 heterocycles. The second-order valence-corrected chi connectivity index (χ2v) is 18.6. The number of aliphatic hydroxyl groups is 2. The fraction of sp³-hybridized carbons (Fsp3) is 0.544. The molecule has 1 amide bonds. The van der Waals surface area contributed by atoms with Gasteiger partial charge in [0.05, 0.1) is 18.8 Å². The molecule has 0 aromatic heterocycles. The van der Waals surface area contributed by atoms with Gasteiger partial charge in [-0.1, -0.05) is 260 Å². The number of carbonyl (C=O) groups is 1. The molecule has 3 N–H and O–H groups in total. The van der Waals surface area contributed by atoms with Crippen LogP contribution in [0.2, 0.25) is 0 Å². The van der Waals surface area contributed by atoms with Crippen molar-refractivity contribution in [1.29, 1.82) is 0 Å². The lowest BCUT2D eigenvalue weighted by atomic mass is 10.1. The summed E-state index contributed by atoms with van der Waals surface area (Å²) in [5.74, 6) is -0.128. The Balaban J connectivity index is 3.78. The number of rotatable bonds is 50. The predicted octanol–water partition coefficient (Wildman–Crippen LogP) is 19.7. The monoisotopic (exact) mass is 986 g/mol. The van der Waals surface area contributed by atoms with Crippen LogP contribution in [0.15, 0.2) is 182 Å². The highest BCUT2D eigenvalue weighted by Crippen LogP contribution is 2.13. The Morgan fingerprint density at radius 2 is 0.625 bits per heavy atom. The minimum Gasteiger partial charge on any atom is -0.394 e. The second-order valence-electron chi connectivity index (χ2n) is 18.6. The van der Waals surface area contributed by atoms with Crippen molar-refractivity contribution in [1.82, 2.24) is 5.32 Å². The zero-order valence-corrected chi connectivity index (χ0v) is 46.1. The highest BCUT2D eigenvalue weighted by atomic mass is 16.3. The Morgan fingerprint density at radius 3 is 0.972 bits per heavy atom. The van der Waals surface area contributed by atoms with Gasteiger partial charge in [-0.3, -0.25) is 4.79 Å². The number of hydrogen-bond donors (Lipinski definition) is 3. The average Bonchev–Trinajstić information content (AvgIpc) is 3.39. The van der Waals surface area contributed by atoms with Gasteiger partial charge < -0.3 is 15.5 Å². The van der Waals surface area contributed by atoms with Crippen molar-refractivity contribution in [3.05, 3.63) is 182 Å². The van der Waals surface area contributed by atoms with Gasteiger partial charge in [0.15, 0.2) is 0 Å². The van der Waals surface area contributed by atoms with Crippen LogP contribution in [-0.4, -0.2) is 34.9 Å². The fourth-order valence-corrected chi connectivity index (χ4v) is 7.48. The van der Waals surface area contributed by atoms with E-state index in [4.69, 9.17) is 0 Å². The summed E-state index contributed by atoms with van der Waals surface area (Å²) in [7, 11) is 0. The Bertz CT molecular complexity index is 1640. The number of carbonyl (C=O) groups excluding carboxylic acids is 1. The van der Waals surface area contributed by atoms with Crippen molar-refractivity contribution < 1.29 is 15.0 Å². The van der Waals surface area contributed by atoms with Crippen LogP contribution in [0.1, 0.15) is 219 Å². The normalized spacial score (nSPS) is 14.2. The molecular formula is C68H107NO3. The topological polar surface area (TPSA) is 69.6 Å². The molecule has 402 valence electrons. The molecule has 0 aromatic carbocycles. The molecule has 4 nitrogen and oxygen atoms in total. The summed E-state index contributed by atoms with van der Waals surface area (Å²) in [5, 5.41) is 23.1. The fourth-order valence-electron chi connectivity index (χ4n) is 7.48. The molecule has 4 heteroatoms. The highest BCUT2D eigenvalue weighted by Gasteiger charge is 2.17. The molecule has 0 bridgehead atoms. The van der Waals surface area contributed by atoms with Crippen molar-refractivity contribution in [2.24, 2.45) is 0 Å². The summed E-state index contributed by atoms with van der Waals surface area (Å²) >= 11 is 0. The third-order valence-corrected chi connectivity index (χ3v) is 11.9. The van der Waals surface area contributed by atoms with Crippen molar-refractivity contribution >= 4 is 5.91 Å². The van der Waals surface area contributed by atoms with E-state index in [0.717, 1.165) is 122 Å². The number of aliphatic hydroxyl groups excluding tert-OH is 2.